The van der Waals surface area contributed by atoms with Crippen LogP contribution in [0, 0.1) is 11.3 Å². The zero-order valence-electron chi connectivity index (χ0n) is 9.53. The van der Waals surface area contributed by atoms with Gasteiger partial charge in [0.1, 0.15) is 0 Å². The van der Waals surface area contributed by atoms with Crippen LogP contribution in [0.3, 0.4) is 0 Å². The van der Waals surface area contributed by atoms with E-state index in [0.717, 1.165) is 13.0 Å². The molecule has 1 amide bonds. The van der Waals surface area contributed by atoms with Crippen LogP contribution in [0.15, 0.2) is 18.2 Å². The lowest BCUT2D eigenvalue weighted by atomic mass is 9.92. The maximum atomic E-state index is 11.4. The Balaban J connectivity index is 2.40. The van der Waals surface area contributed by atoms with Gasteiger partial charge < -0.3 is 4.90 Å². The second kappa shape index (κ2) is 3.97. The molecule has 1 aliphatic rings. The van der Waals surface area contributed by atoms with E-state index < -0.39 is 0 Å². The van der Waals surface area contributed by atoms with Crippen LogP contribution in [-0.4, -0.2) is 17.4 Å². The molecular weight excluding hydrogens is 200 g/mol. The molecule has 0 N–H and O–H groups in total. The fourth-order valence-corrected chi connectivity index (χ4v) is 2.33. The molecule has 0 aliphatic carbocycles. The lowest BCUT2D eigenvalue weighted by Gasteiger charge is -2.34. The fourth-order valence-electron chi connectivity index (χ4n) is 2.33. The zero-order valence-corrected chi connectivity index (χ0v) is 9.53. The Morgan fingerprint density at radius 2 is 2.31 bits per heavy atom. The van der Waals surface area contributed by atoms with Crippen molar-refractivity contribution >= 4 is 5.91 Å². The second-order valence-corrected chi connectivity index (χ2v) is 4.16. The van der Waals surface area contributed by atoms with Crippen molar-refractivity contribution in [3.8, 4) is 6.07 Å². The van der Waals surface area contributed by atoms with E-state index in [4.69, 9.17) is 5.26 Å². The Labute approximate surface area is 95.3 Å². The van der Waals surface area contributed by atoms with Crippen LogP contribution in [0.4, 0.5) is 0 Å². The number of carbonyl (C=O) groups is 1. The summed E-state index contributed by atoms with van der Waals surface area (Å²) in [6.07, 6.45) is 0.842. The van der Waals surface area contributed by atoms with Crippen LogP contribution in [0.2, 0.25) is 0 Å². The largest absolute Gasteiger partial charge is 0.336 e. The van der Waals surface area contributed by atoms with E-state index in [1.54, 1.807) is 6.92 Å². The molecule has 3 nitrogen and oxygen atoms in total. The van der Waals surface area contributed by atoms with Crippen molar-refractivity contribution in [2.24, 2.45) is 0 Å². The van der Waals surface area contributed by atoms with Crippen molar-refractivity contribution in [3.63, 3.8) is 0 Å². The third-order valence-electron chi connectivity index (χ3n) is 3.22. The van der Waals surface area contributed by atoms with Crippen molar-refractivity contribution in [1.29, 1.82) is 5.26 Å². The Hall–Kier alpha value is -1.82. The molecule has 0 aromatic heterocycles. The van der Waals surface area contributed by atoms with Gasteiger partial charge in [-0.2, -0.15) is 5.26 Å². The molecule has 1 heterocycles. The van der Waals surface area contributed by atoms with Crippen molar-refractivity contribution < 1.29 is 4.79 Å². The first-order valence-electron chi connectivity index (χ1n) is 5.43. The molecule has 1 unspecified atom stereocenters. The summed E-state index contributed by atoms with van der Waals surface area (Å²) in [5.74, 6) is 0.113. The zero-order chi connectivity index (χ0) is 11.7. The van der Waals surface area contributed by atoms with Gasteiger partial charge in [-0.05, 0) is 36.6 Å². The smallest absolute Gasteiger partial charge is 0.219 e. The molecule has 0 radical (unpaired) electrons. The van der Waals surface area contributed by atoms with Crippen LogP contribution in [-0.2, 0) is 11.2 Å². The number of benzene rings is 1. The quantitative estimate of drug-likeness (QED) is 0.663. The second-order valence-electron chi connectivity index (χ2n) is 4.16. The third kappa shape index (κ3) is 1.67. The molecule has 0 saturated carbocycles. The molecule has 82 valence electrons. The average Bonchev–Trinajstić information content (AvgIpc) is 2.28. The number of fused-ring (bicyclic) bond motifs is 1. The number of nitrogens with zero attached hydrogens (tertiary/aromatic N) is 2. The maximum Gasteiger partial charge on any atom is 0.219 e. The Bertz CT molecular complexity index is 473. The standard InChI is InChI=1S/C13H14N2O/c1-9-13-4-3-11(8-14)7-12(13)5-6-15(9)10(2)16/h3-4,7,9H,5-6H2,1-2H3. The lowest BCUT2D eigenvalue weighted by molar-refractivity contribution is -0.131. The number of hydrogen-bond acceptors (Lipinski definition) is 2. The minimum atomic E-state index is 0.113. The Morgan fingerprint density at radius 1 is 1.56 bits per heavy atom. The summed E-state index contributed by atoms with van der Waals surface area (Å²) in [6.45, 7) is 4.38. The minimum absolute atomic E-state index is 0.113. The highest BCUT2D eigenvalue weighted by Crippen LogP contribution is 2.29. The summed E-state index contributed by atoms with van der Waals surface area (Å²) in [7, 11) is 0. The van der Waals surface area contributed by atoms with Gasteiger partial charge in [0.2, 0.25) is 5.91 Å². The van der Waals surface area contributed by atoms with Crippen LogP contribution in [0.5, 0.6) is 0 Å². The third-order valence-corrected chi connectivity index (χ3v) is 3.22. The first kappa shape index (κ1) is 10.7. The lowest BCUT2D eigenvalue weighted by Crippen LogP contribution is -2.37. The minimum Gasteiger partial charge on any atom is -0.336 e. The van der Waals surface area contributed by atoms with Gasteiger partial charge in [-0.15, -0.1) is 0 Å². The van der Waals surface area contributed by atoms with Crippen molar-refractivity contribution in [2.45, 2.75) is 26.3 Å². The predicted octanol–water partition coefficient (Wildman–Crippen LogP) is 2.02. The molecule has 1 atom stereocenters. The van der Waals surface area contributed by atoms with E-state index in [0.29, 0.717) is 5.56 Å². The summed E-state index contributed by atoms with van der Waals surface area (Å²) in [5, 5.41) is 8.83. The van der Waals surface area contributed by atoms with Crippen LogP contribution in [0.25, 0.3) is 0 Å². The van der Waals surface area contributed by atoms with Gasteiger partial charge in [-0.1, -0.05) is 6.07 Å². The molecule has 16 heavy (non-hydrogen) atoms. The number of nitriles is 1. The number of hydrogen-bond donors (Lipinski definition) is 0. The molecule has 1 aliphatic heterocycles. The normalized spacial score (nSPS) is 18.8. The van der Waals surface area contributed by atoms with E-state index >= 15 is 0 Å². The fraction of sp³-hybridized carbons (Fsp3) is 0.385. The van der Waals surface area contributed by atoms with Crippen LogP contribution < -0.4 is 0 Å². The highest BCUT2D eigenvalue weighted by molar-refractivity contribution is 5.74. The highest BCUT2D eigenvalue weighted by Gasteiger charge is 2.25. The van der Waals surface area contributed by atoms with E-state index in [1.165, 1.54) is 11.1 Å². The van der Waals surface area contributed by atoms with Crippen LogP contribution in [0.1, 0.15) is 36.6 Å². The summed E-state index contributed by atoms with van der Waals surface area (Å²) in [5.41, 5.74) is 3.06. The first-order chi connectivity index (χ1) is 7.63. The molecule has 0 bridgehead atoms. The number of carbonyl (C=O) groups excluding carboxylic acids is 1. The van der Waals surface area contributed by atoms with Gasteiger partial charge in [-0.3, -0.25) is 4.79 Å². The summed E-state index contributed by atoms with van der Waals surface area (Å²) < 4.78 is 0. The maximum absolute atomic E-state index is 11.4. The number of rotatable bonds is 0. The summed E-state index contributed by atoms with van der Waals surface area (Å²) in [6, 6.07) is 7.98. The van der Waals surface area contributed by atoms with E-state index in [2.05, 4.69) is 6.07 Å². The Kier molecular flexibility index (Phi) is 2.66. The summed E-state index contributed by atoms with van der Waals surface area (Å²) >= 11 is 0. The van der Waals surface area contributed by atoms with Gasteiger partial charge in [0, 0.05) is 13.5 Å². The molecule has 2 rings (SSSR count). The topological polar surface area (TPSA) is 44.1 Å². The van der Waals surface area contributed by atoms with Gasteiger partial charge in [-0.25, -0.2) is 0 Å². The molecular formula is C13H14N2O. The number of amides is 1. The Morgan fingerprint density at radius 3 is 2.94 bits per heavy atom. The molecule has 0 saturated heterocycles. The van der Waals surface area contributed by atoms with E-state index in [-0.39, 0.29) is 11.9 Å². The first-order valence-corrected chi connectivity index (χ1v) is 5.43. The molecule has 0 fully saturated rings. The molecule has 0 spiro atoms. The SMILES string of the molecule is CC(=O)N1CCc2cc(C#N)ccc2C1C. The molecule has 1 aromatic rings. The van der Waals surface area contributed by atoms with Gasteiger partial charge in [0.15, 0.2) is 0 Å². The summed E-state index contributed by atoms with van der Waals surface area (Å²) in [4.78, 5) is 13.3. The van der Waals surface area contributed by atoms with Gasteiger partial charge >= 0.3 is 0 Å². The van der Waals surface area contributed by atoms with Crippen molar-refractivity contribution in [1.82, 2.24) is 4.90 Å². The van der Waals surface area contributed by atoms with E-state index in [1.807, 2.05) is 30.0 Å². The average molecular weight is 214 g/mol. The molecule has 3 heteroatoms. The van der Waals surface area contributed by atoms with Crippen LogP contribution >= 0.6 is 0 Å². The monoisotopic (exact) mass is 214 g/mol. The van der Waals surface area contributed by atoms with Gasteiger partial charge in [0.25, 0.3) is 0 Å². The van der Waals surface area contributed by atoms with Crippen molar-refractivity contribution in [3.05, 3.63) is 34.9 Å². The predicted molar refractivity (Wildman–Crippen MR) is 60.7 cm³/mol. The molecule has 1 aromatic carbocycles. The van der Waals surface area contributed by atoms with Gasteiger partial charge in [0.05, 0.1) is 17.7 Å². The van der Waals surface area contributed by atoms with E-state index in [9.17, 15) is 4.79 Å². The van der Waals surface area contributed by atoms with Crippen molar-refractivity contribution in [2.75, 3.05) is 6.54 Å². The highest BCUT2D eigenvalue weighted by atomic mass is 16.2.